The molecule has 7 heteroatoms. The van der Waals surface area contributed by atoms with E-state index in [4.69, 9.17) is 9.15 Å². The van der Waals surface area contributed by atoms with E-state index in [1.165, 1.54) is 4.57 Å². The van der Waals surface area contributed by atoms with Gasteiger partial charge in [-0.1, -0.05) is 11.3 Å². The van der Waals surface area contributed by atoms with Crippen molar-refractivity contribution in [3.63, 3.8) is 0 Å². The van der Waals surface area contributed by atoms with Gasteiger partial charge in [0.15, 0.2) is 0 Å². The predicted molar refractivity (Wildman–Crippen MR) is 79.3 cm³/mol. The van der Waals surface area contributed by atoms with Crippen molar-refractivity contribution in [1.82, 2.24) is 9.88 Å². The largest absolute Gasteiger partial charge is 0.467 e. The second kappa shape index (κ2) is 7.80. The molecule has 0 saturated heterocycles. The van der Waals surface area contributed by atoms with Gasteiger partial charge < -0.3 is 14.5 Å². The summed E-state index contributed by atoms with van der Waals surface area (Å²) in [5, 5.41) is 4.52. The lowest BCUT2D eigenvalue weighted by atomic mass is 10.4. The summed E-state index contributed by atoms with van der Waals surface area (Å²) < 4.78 is 12.0. The lowest BCUT2D eigenvalue weighted by molar-refractivity contribution is -0.121. The molecule has 0 aliphatic carbocycles. The van der Waals surface area contributed by atoms with Gasteiger partial charge in [-0.25, -0.2) is 0 Å². The Labute approximate surface area is 126 Å². The molecule has 114 valence electrons. The molecular formula is C14H18N2O4S. The fourth-order valence-electron chi connectivity index (χ4n) is 1.77. The Morgan fingerprint density at radius 1 is 1.52 bits per heavy atom. The number of hydrogen-bond acceptors (Lipinski definition) is 5. The zero-order chi connectivity index (χ0) is 15.1. The topological polar surface area (TPSA) is 73.5 Å². The smallest absolute Gasteiger partial charge is 0.307 e. The number of furan rings is 1. The predicted octanol–water partition coefficient (Wildman–Crippen LogP) is 1.53. The van der Waals surface area contributed by atoms with Gasteiger partial charge in [-0.05, 0) is 25.5 Å². The number of ether oxygens (including phenoxy) is 1. The van der Waals surface area contributed by atoms with Crippen LogP contribution in [0.15, 0.2) is 33.0 Å². The van der Waals surface area contributed by atoms with Crippen LogP contribution in [0.25, 0.3) is 0 Å². The average molecular weight is 310 g/mol. The van der Waals surface area contributed by atoms with E-state index in [1.54, 1.807) is 11.6 Å². The molecule has 2 aromatic heterocycles. The first-order valence-corrected chi connectivity index (χ1v) is 7.56. The van der Waals surface area contributed by atoms with Crippen LogP contribution in [0.1, 0.15) is 17.9 Å². The van der Waals surface area contributed by atoms with Crippen LogP contribution < -0.4 is 10.2 Å². The summed E-state index contributed by atoms with van der Waals surface area (Å²) in [6, 6.07) is 3.66. The number of hydrogen-bond donors (Lipinski definition) is 1. The van der Waals surface area contributed by atoms with Gasteiger partial charge in [0.2, 0.25) is 5.91 Å². The molecule has 0 atom stereocenters. The molecule has 2 rings (SSSR count). The van der Waals surface area contributed by atoms with Gasteiger partial charge in [0.1, 0.15) is 18.9 Å². The summed E-state index contributed by atoms with van der Waals surface area (Å²) in [6.07, 6.45) is 2.32. The van der Waals surface area contributed by atoms with Crippen LogP contribution in [0.5, 0.6) is 0 Å². The highest BCUT2D eigenvalue weighted by atomic mass is 32.1. The third-order valence-electron chi connectivity index (χ3n) is 2.89. The van der Waals surface area contributed by atoms with Crippen molar-refractivity contribution in [2.45, 2.75) is 26.5 Å². The number of amides is 1. The molecule has 1 N–H and O–H groups in total. The lowest BCUT2D eigenvalue weighted by Gasteiger charge is -2.07. The van der Waals surface area contributed by atoms with E-state index in [9.17, 15) is 9.59 Å². The van der Waals surface area contributed by atoms with Gasteiger partial charge >= 0.3 is 4.87 Å². The van der Waals surface area contributed by atoms with E-state index in [0.717, 1.165) is 22.8 Å². The van der Waals surface area contributed by atoms with Crippen LogP contribution in [0.2, 0.25) is 0 Å². The molecule has 0 aliphatic heterocycles. The van der Waals surface area contributed by atoms with Crippen molar-refractivity contribution in [3.05, 3.63) is 44.9 Å². The number of aromatic nitrogens is 1. The normalized spacial score (nSPS) is 10.7. The van der Waals surface area contributed by atoms with Gasteiger partial charge in [-0.2, -0.15) is 0 Å². The minimum absolute atomic E-state index is 0.0709. The maximum absolute atomic E-state index is 11.7. The number of thiazole rings is 1. The molecular weight excluding hydrogens is 292 g/mol. The Bertz CT molecular complexity index is 615. The first-order chi connectivity index (χ1) is 10.2. The number of aryl methyl sites for hydroxylation is 1. The van der Waals surface area contributed by atoms with Gasteiger partial charge in [-0.15, -0.1) is 0 Å². The first kappa shape index (κ1) is 15.5. The van der Waals surface area contributed by atoms with Gasteiger partial charge in [0.25, 0.3) is 0 Å². The van der Waals surface area contributed by atoms with E-state index in [-0.39, 0.29) is 17.3 Å². The number of carbonyl (C=O) groups excluding carboxylic acids is 1. The highest BCUT2D eigenvalue weighted by molar-refractivity contribution is 7.07. The zero-order valence-electron chi connectivity index (χ0n) is 11.8. The van der Waals surface area contributed by atoms with Crippen LogP contribution in [-0.4, -0.2) is 23.6 Å². The van der Waals surface area contributed by atoms with Crippen LogP contribution in [-0.2, 0) is 22.7 Å². The zero-order valence-corrected chi connectivity index (χ0v) is 12.6. The number of nitrogens with zero attached hydrogens (tertiary/aromatic N) is 1. The Balaban J connectivity index is 1.58. The van der Waals surface area contributed by atoms with E-state index in [0.29, 0.717) is 26.2 Å². The van der Waals surface area contributed by atoms with Gasteiger partial charge in [-0.3, -0.25) is 14.2 Å². The fraction of sp³-hybridized carbons (Fsp3) is 0.429. The average Bonchev–Trinajstić information content (AvgIpc) is 3.08. The quantitative estimate of drug-likeness (QED) is 0.751. The van der Waals surface area contributed by atoms with E-state index >= 15 is 0 Å². The molecule has 21 heavy (non-hydrogen) atoms. The molecule has 0 bridgehead atoms. The van der Waals surface area contributed by atoms with Crippen molar-refractivity contribution >= 4 is 17.2 Å². The summed E-state index contributed by atoms with van der Waals surface area (Å²) in [5.74, 6) is 0.621. The molecule has 0 fully saturated rings. The maximum atomic E-state index is 11.7. The summed E-state index contributed by atoms with van der Waals surface area (Å²) >= 11 is 1.11. The van der Waals surface area contributed by atoms with Crippen LogP contribution in [0.3, 0.4) is 0 Å². The third-order valence-corrected chi connectivity index (χ3v) is 3.77. The number of carbonyl (C=O) groups is 1. The molecule has 0 spiro atoms. The second-order valence-corrected chi connectivity index (χ2v) is 5.39. The number of nitrogens with one attached hydrogen (secondary N) is 1. The third kappa shape index (κ3) is 4.87. The van der Waals surface area contributed by atoms with Crippen molar-refractivity contribution in [2.24, 2.45) is 0 Å². The molecule has 0 radical (unpaired) electrons. The van der Waals surface area contributed by atoms with E-state index < -0.39 is 0 Å². The van der Waals surface area contributed by atoms with E-state index in [1.807, 2.05) is 19.1 Å². The monoisotopic (exact) mass is 310 g/mol. The highest BCUT2D eigenvalue weighted by Gasteiger charge is 2.07. The molecule has 2 heterocycles. The molecule has 1 amide bonds. The molecule has 0 unspecified atom stereocenters. The van der Waals surface area contributed by atoms with Crippen molar-refractivity contribution in [1.29, 1.82) is 0 Å². The Morgan fingerprint density at radius 3 is 3.05 bits per heavy atom. The summed E-state index contributed by atoms with van der Waals surface area (Å²) in [7, 11) is 0. The summed E-state index contributed by atoms with van der Waals surface area (Å²) in [6.45, 7) is 3.38. The lowest BCUT2D eigenvalue weighted by Crippen LogP contribution is -2.32. The standard InChI is InChI=1S/C14H18N2O4S/c1-11-10-21-14(18)16(11)8-13(17)15-5-3-6-19-9-12-4-2-7-20-12/h2,4,7,10H,3,5-6,8-9H2,1H3,(H,15,17). The van der Waals surface area contributed by atoms with E-state index in [2.05, 4.69) is 5.32 Å². The van der Waals surface area contributed by atoms with Crippen molar-refractivity contribution in [2.75, 3.05) is 13.2 Å². The molecule has 0 aliphatic rings. The Morgan fingerprint density at radius 2 is 2.38 bits per heavy atom. The SMILES string of the molecule is Cc1csc(=O)n1CC(=O)NCCCOCc1ccco1. The first-order valence-electron chi connectivity index (χ1n) is 6.68. The van der Waals surface area contributed by atoms with Crippen LogP contribution >= 0.6 is 11.3 Å². The van der Waals surface area contributed by atoms with Crippen molar-refractivity contribution < 1.29 is 13.9 Å². The molecule has 2 aromatic rings. The molecule has 0 saturated carbocycles. The minimum atomic E-state index is -0.162. The summed E-state index contributed by atoms with van der Waals surface area (Å²) in [4.78, 5) is 23.1. The Hall–Kier alpha value is -1.86. The highest BCUT2D eigenvalue weighted by Crippen LogP contribution is 2.02. The van der Waals surface area contributed by atoms with Crippen LogP contribution in [0, 0.1) is 6.92 Å². The molecule has 6 nitrogen and oxygen atoms in total. The molecule has 0 aromatic carbocycles. The minimum Gasteiger partial charge on any atom is -0.467 e. The van der Waals surface area contributed by atoms with Crippen molar-refractivity contribution in [3.8, 4) is 0 Å². The maximum Gasteiger partial charge on any atom is 0.307 e. The van der Waals surface area contributed by atoms with Crippen LogP contribution in [0.4, 0.5) is 0 Å². The van der Waals surface area contributed by atoms with Gasteiger partial charge in [0.05, 0.1) is 6.26 Å². The fourth-order valence-corrected chi connectivity index (χ4v) is 2.50. The Kier molecular flexibility index (Phi) is 5.77. The number of rotatable bonds is 8. The van der Waals surface area contributed by atoms with Gasteiger partial charge in [0, 0.05) is 24.2 Å². The second-order valence-electron chi connectivity index (χ2n) is 4.56. The summed E-state index contributed by atoms with van der Waals surface area (Å²) in [5.41, 5.74) is 0.807.